The maximum Gasteiger partial charge on any atom is 0.339 e. The van der Waals surface area contributed by atoms with Crippen molar-refractivity contribution in [2.45, 2.75) is 0 Å². The Morgan fingerprint density at radius 2 is 2.00 bits per heavy atom. The van der Waals surface area contributed by atoms with Gasteiger partial charge in [-0.25, -0.2) is 18.6 Å². The van der Waals surface area contributed by atoms with Gasteiger partial charge in [-0.1, -0.05) is 0 Å². The lowest BCUT2D eigenvalue weighted by molar-refractivity contribution is 0.0697. The molecule has 2 aromatic rings. The van der Waals surface area contributed by atoms with Crippen LogP contribution in [0.15, 0.2) is 30.5 Å². The second-order valence-corrected chi connectivity index (χ2v) is 3.59. The van der Waals surface area contributed by atoms with Gasteiger partial charge < -0.3 is 10.8 Å². The van der Waals surface area contributed by atoms with Crippen LogP contribution in [0.4, 0.5) is 14.6 Å². The van der Waals surface area contributed by atoms with Gasteiger partial charge >= 0.3 is 5.97 Å². The number of nitrogens with zero attached hydrogens (tertiary/aromatic N) is 1. The first-order chi connectivity index (χ1) is 8.49. The largest absolute Gasteiger partial charge is 0.478 e. The molecule has 0 fully saturated rings. The van der Waals surface area contributed by atoms with Gasteiger partial charge in [0.2, 0.25) is 0 Å². The summed E-state index contributed by atoms with van der Waals surface area (Å²) in [6.45, 7) is 0. The summed E-state index contributed by atoms with van der Waals surface area (Å²) in [5, 5.41) is 8.87. The number of pyridine rings is 1. The predicted molar refractivity (Wildman–Crippen MR) is 61.0 cm³/mol. The molecule has 0 amide bonds. The second-order valence-electron chi connectivity index (χ2n) is 3.59. The van der Waals surface area contributed by atoms with Gasteiger partial charge in [-0.05, 0) is 24.3 Å². The molecule has 4 nitrogen and oxygen atoms in total. The van der Waals surface area contributed by atoms with E-state index in [1.165, 1.54) is 6.20 Å². The van der Waals surface area contributed by atoms with Gasteiger partial charge in [-0.15, -0.1) is 0 Å². The number of halogens is 2. The van der Waals surface area contributed by atoms with Crippen molar-refractivity contribution in [1.82, 2.24) is 4.98 Å². The van der Waals surface area contributed by atoms with Gasteiger partial charge in [0.05, 0.1) is 0 Å². The number of aromatic carboxylic acids is 1. The average molecular weight is 250 g/mol. The van der Waals surface area contributed by atoms with Crippen LogP contribution in [0.25, 0.3) is 11.1 Å². The van der Waals surface area contributed by atoms with Crippen molar-refractivity contribution in [1.29, 1.82) is 0 Å². The average Bonchev–Trinajstić information content (AvgIpc) is 2.33. The van der Waals surface area contributed by atoms with Crippen LogP contribution in [0.5, 0.6) is 0 Å². The Morgan fingerprint density at radius 1 is 1.28 bits per heavy atom. The summed E-state index contributed by atoms with van der Waals surface area (Å²) in [4.78, 5) is 14.5. The fourth-order valence-corrected chi connectivity index (χ4v) is 1.51. The number of anilines is 1. The zero-order chi connectivity index (χ0) is 13.3. The first kappa shape index (κ1) is 12.0. The highest BCUT2D eigenvalue weighted by Crippen LogP contribution is 2.25. The van der Waals surface area contributed by atoms with Crippen LogP contribution in [0.1, 0.15) is 10.4 Å². The van der Waals surface area contributed by atoms with E-state index in [9.17, 15) is 13.6 Å². The Hall–Kier alpha value is -2.50. The van der Waals surface area contributed by atoms with Crippen molar-refractivity contribution in [3.05, 3.63) is 47.7 Å². The summed E-state index contributed by atoms with van der Waals surface area (Å²) in [6.07, 6.45) is 1.19. The molecule has 0 aliphatic heterocycles. The molecular formula is C12H8F2N2O2. The quantitative estimate of drug-likeness (QED) is 0.857. The number of carboxylic acid groups (broad SMARTS) is 1. The van der Waals surface area contributed by atoms with Crippen molar-refractivity contribution < 1.29 is 18.7 Å². The smallest absolute Gasteiger partial charge is 0.339 e. The zero-order valence-corrected chi connectivity index (χ0v) is 9.02. The third kappa shape index (κ3) is 2.13. The third-order valence-electron chi connectivity index (χ3n) is 2.39. The summed E-state index contributed by atoms with van der Waals surface area (Å²) in [5.41, 5.74) is 5.21. The molecule has 0 aliphatic rings. The molecule has 1 aromatic heterocycles. The highest BCUT2D eigenvalue weighted by Gasteiger charge is 2.13. The maximum atomic E-state index is 13.5. The molecule has 6 heteroatoms. The van der Waals surface area contributed by atoms with Gasteiger partial charge in [0, 0.05) is 17.3 Å². The molecule has 0 saturated heterocycles. The van der Waals surface area contributed by atoms with Crippen LogP contribution >= 0.6 is 0 Å². The monoisotopic (exact) mass is 250 g/mol. The van der Waals surface area contributed by atoms with E-state index in [1.807, 2.05) is 0 Å². The van der Waals surface area contributed by atoms with E-state index in [1.54, 1.807) is 0 Å². The minimum absolute atomic E-state index is 0.0648. The van der Waals surface area contributed by atoms with Gasteiger partial charge in [0.25, 0.3) is 0 Å². The molecule has 1 heterocycles. The van der Waals surface area contributed by atoms with E-state index in [0.29, 0.717) is 0 Å². The van der Waals surface area contributed by atoms with Crippen molar-refractivity contribution >= 4 is 11.8 Å². The maximum absolute atomic E-state index is 13.5. The molecule has 2 rings (SSSR count). The molecule has 1 aromatic carbocycles. The first-order valence-corrected chi connectivity index (χ1v) is 4.93. The van der Waals surface area contributed by atoms with E-state index < -0.39 is 17.6 Å². The SMILES string of the molecule is Nc1ncc(-c2cc(F)ccc2F)cc1C(=O)O. The molecule has 0 saturated carbocycles. The van der Waals surface area contributed by atoms with Crippen molar-refractivity contribution in [2.24, 2.45) is 0 Å². The molecule has 0 unspecified atom stereocenters. The normalized spacial score (nSPS) is 10.3. The van der Waals surface area contributed by atoms with Crippen LogP contribution in [-0.2, 0) is 0 Å². The zero-order valence-electron chi connectivity index (χ0n) is 9.02. The van der Waals surface area contributed by atoms with E-state index in [4.69, 9.17) is 10.8 Å². The fraction of sp³-hybridized carbons (Fsp3) is 0. The third-order valence-corrected chi connectivity index (χ3v) is 2.39. The standard InChI is InChI=1S/C12H8F2N2O2/c13-7-1-2-10(14)8(4-7)6-3-9(12(17)18)11(15)16-5-6/h1-5H,(H2,15,16)(H,17,18). The topological polar surface area (TPSA) is 76.2 Å². The second kappa shape index (κ2) is 4.40. The molecule has 0 aliphatic carbocycles. The van der Waals surface area contributed by atoms with E-state index >= 15 is 0 Å². The van der Waals surface area contributed by atoms with Crippen LogP contribution in [0.3, 0.4) is 0 Å². The molecular weight excluding hydrogens is 242 g/mol. The fourth-order valence-electron chi connectivity index (χ4n) is 1.51. The molecule has 18 heavy (non-hydrogen) atoms. The Labute approximate surface area is 101 Å². The first-order valence-electron chi connectivity index (χ1n) is 4.93. The highest BCUT2D eigenvalue weighted by atomic mass is 19.1. The number of carbonyl (C=O) groups is 1. The van der Waals surface area contributed by atoms with Gasteiger partial charge in [-0.3, -0.25) is 0 Å². The number of nitrogens with two attached hydrogens (primary N) is 1. The Balaban J connectivity index is 2.61. The Kier molecular flexibility index (Phi) is 2.93. The van der Waals surface area contributed by atoms with E-state index in [2.05, 4.69) is 4.98 Å². The number of aromatic nitrogens is 1. The lowest BCUT2D eigenvalue weighted by Gasteiger charge is -2.06. The van der Waals surface area contributed by atoms with Crippen LogP contribution in [0, 0.1) is 11.6 Å². The molecule has 0 radical (unpaired) electrons. The minimum atomic E-state index is -1.28. The lowest BCUT2D eigenvalue weighted by atomic mass is 10.0. The van der Waals surface area contributed by atoms with Gasteiger partial charge in [0.1, 0.15) is 23.0 Å². The Morgan fingerprint density at radius 3 is 2.67 bits per heavy atom. The van der Waals surface area contributed by atoms with E-state index in [0.717, 1.165) is 24.3 Å². The number of nitrogen functional groups attached to an aromatic ring is 1. The highest BCUT2D eigenvalue weighted by molar-refractivity contribution is 5.94. The molecule has 0 atom stereocenters. The number of hydrogen-bond donors (Lipinski definition) is 2. The van der Waals surface area contributed by atoms with Crippen LogP contribution in [-0.4, -0.2) is 16.1 Å². The lowest BCUT2D eigenvalue weighted by Crippen LogP contribution is -2.05. The summed E-state index contributed by atoms with van der Waals surface area (Å²) in [5.74, 6) is -2.75. The number of hydrogen-bond acceptors (Lipinski definition) is 3. The van der Waals surface area contributed by atoms with Crippen LogP contribution in [0.2, 0.25) is 0 Å². The number of benzene rings is 1. The van der Waals surface area contributed by atoms with Crippen molar-refractivity contribution in [2.75, 3.05) is 5.73 Å². The summed E-state index contributed by atoms with van der Waals surface area (Å²) in [7, 11) is 0. The van der Waals surface area contributed by atoms with Gasteiger partial charge in [0.15, 0.2) is 0 Å². The molecule has 3 N–H and O–H groups in total. The Bertz CT molecular complexity index is 629. The molecule has 0 spiro atoms. The number of carboxylic acids is 1. The summed E-state index contributed by atoms with van der Waals surface area (Å²) in [6, 6.07) is 4.06. The minimum Gasteiger partial charge on any atom is -0.478 e. The molecule has 92 valence electrons. The van der Waals surface area contributed by atoms with Crippen LogP contribution < -0.4 is 5.73 Å². The van der Waals surface area contributed by atoms with E-state index in [-0.39, 0.29) is 22.5 Å². The molecule has 0 bridgehead atoms. The number of rotatable bonds is 2. The predicted octanol–water partition coefficient (Wildman–Crippen LogP) is 2.31. The van der Waals surface area contributed by atoms with Crippen molar-refractivity contribution in [3.8, 4) is 11.1 Å². The van der Waals surface area contributed by atoms with Crippen molar-refractivity contribution in [3.63, 3.8) is 0 Å². The van der Waals surface area contributed by atoms with Gasteiger partial charge in [-0.2, -0.15) is 0 Å². The summed E-state index contributed by atoms with van der Waals surface area (Å²) >= 11 is 0. The summed E-state index contributed by atoms with van der Waals surface area (Å²) < 4.78 is 26.6.